The van der Waals surface area contributed by atoms with E-state index in [1.807, 2.05) is 53.4 Å². The van der Waals surface area contributed by atoms with E-state index < -0.39 is 5.97 Å². The van der Waals surface area contributed by atoms with Crippen LogP contribution in [0.2, 0.25) is 5.02 Å². The Hall–Kier alpha value is -2.79. The standard InChI is InChI=1S/C20H18ClN3O2/c21-16-6-2-4-8-18(16)23-9-11-24(12-10-23)19-15(20(25)26)13-14-5-1-3-7-17(14)22-19/h1-8,13H,9-12H2,(H,25,26). The SMILES string of the molecule is O=C(O)c1cc2ccccc2nc1N1CCN(c2ccccc2Cl)CC1. The Morgan fingerprint density at radius 3 is 2.35 bits per heavy atom. The number of hydrogen-bond acceptors (Lipinski definition) is 4. The fourth-order valence-corrected chi connectivity index (χ4v) is 3.63. The molecule has 0 unspecified atom stereocenters. The number of aromatic nitrogens is 1. The number of carbonyl (C=O) groups is 1. The lowest BCUT2D eigenvalue weighted by atomic mass is 10.1. The molecule has 1 saturated heterocycles. The topological polar surface area (TPSA) is 56.7 Å². The highest BCUT2D eigenvalue weighted by Gasteiger charge is 2.24. The maximum atomic E-state index is 11.7. The summed E-state index contributed by atoms with van der Waals surface area (Å²) >= 11 is 6.30. The number of halogens is 1. The van der Waals surface area contributed by atoms with Gasteiger partial charge in [-0.15, -0.1) is 0 Å². The quantitative estimate of drug-likeness (QED) is 0.760. The van der Waals surface area contributed by atoms with E-state index in [1.54, 1.807) is 6.07 Å². The number of nitrogens with zero attached hydrogens (tertiary/aromatic N) is 3. The first-order valence-corrected chi connectivity index (χ1v) is 8.89. The number of aromatic carboxylic acids is 1. The summed E-state index contributed by atoms with van der Waals surface area (Å²) in [5.41, 5.74) is 2.06. The van der Waals surface area contributed by atoms with Crippen molar-refractivity contribution in [1.29, 1.82) is 0 Å². The molecule has 1 aromatic heterocycles. The van der Waals surface area contributed by atoms with Gasteiger partial charge in [0.1, 0.15) is 11.4 Å². The van der Waals surface area contributed by atoms with Crippen molar-refractivity contribution in [2.24, 2.45) is 0 Å². The van der Waals surface area contributed by atoms with Crippen molar-refractivity contribution in [3.05, 3.63) is 65.2 Å². The molecule has 3 aromatic rings. The van der Waals surface area contributed by atoms with Crippen LogP contribution < -0.4 is 9.80 Å². The minimum Gasteiger partial charge on any atom is -0.478 e. The maximum Gasteiger partial charge on any atom is 0.339 e. The lowest BCUT2D eigenvalue weighted by Gasteiger charge is -2.37. The third kappa shape index (κ3) is 3.06. The number of rotatable bonds is 3. The molecule has 0 spiro atoms. The van der Waals surface area contributed by atoms with Gasteiger partial charge in [0.05, 0.1) is 16.2 Å². The molecule has 0 radical (unpaired) electrons. The van der Waals surface area contributed by atoms with Crippen LogP contribution in [0.4, 0.5) is 11.5 Å². The van der Waals surface area contributed by atoms with Crippen LogP contribution in [-0.2, 0) is 0 Å². The molecular weight excluding hydrogens is 350 g/mol. The zero-order chi connectivity index (χ0) is 18.1. The van der Waals surface area contributed by atoms with Crippen LogP contribution in [0.5, 0.6) is 0 Å². The molecule has 2 aromatic carbocycles. The number of benzene rings is 2. The number of piperazine rings is 1. The van der Waals surface area contributed by atoms with Gasteiger partial charge >= 0.3 is 5.97 Å². The largest absolute Gasteiger partial charge is 0.478 e. The van der Waals surface area contributed by atoms with Gasteiger partial charge in [-0.1, -0.05) is 41.9 Å². The molecule has 0 atom stereocenters. The van der Waals surface area contributed by atoms with Gasteiger partial charge in [0.25, 0.3) is 0 Å². The zero-order valence-electron chi connectivity index (χ0n) is 14.1. The van der Waals surface area contributed by atoms with Crippen molar-refractivity contribution >= 4 is 40.0 Å². The number of hydrogen-bond donors (Lipinski definition) is 1. The molecule has 0 saturated carbocycles. The fraction of sp³-hybridized carbons (Fsp3) is 0.200. The summed E-state index contributed by atoms with van der Waals surface area (Å²) in [5.74, 6) is -0.415. The highest BCUT2D eigenvalue weighted by atomic mass is 35.5. The third-order valence-electron chi connectivity index (χ3n) is 4.71. The van der Waals surface area contributed by atoms with E-state index in [1.165, 1.54) is 0 Å². The molecule has 1 N–H and O–H groups in total. The summed E-state index contributed by atoms with van der Waals surface area (Å²) in [7, 11) is 0. The van der Waals surface area contributed by atoms with Crippen molar-refractivity contribution < 1.29 is 9.90 Å². The first-order valence-electron chi connectivity index (χ1n) is 8.51. The van der Waals surface area contributed by atoms with Gasteiger partial charge in [-0.2, -0.15) is 0 Å². The van der Waals surface area contributed by atoms with E-state index in [9.17, 15) is 9.90 Å². The minimum absolute atomic E-state index is 0.245. The Balaban J connectivity index is 1.62. The summed E-state index contributed by atoms with van der Waals surface area (Å²) in [6, 6.07) is 17.1. The van der Waals surface area contributed by atoms with Crippen LogP contribution in [0.1, 0.15) is 10.4 Å². The van der Waals surface area contributed by atoms with Crippen molar-refractivity contribution in [3.63, 3.8) is 0 Å². The molecule has 1 aliphatic rings. The molecule has 5 nitrogen and oxygen atoms in total. The summed E-state index contributed by atoms with van der Waals surface area (Å²) in [4.78, 5) is 20.6. The van der Waals surface area contributed by atoms with Crippen LogP contribution >= 0.6 is 11.6 Å². The summed E-state index contributed by atoms with van der Waals surface area (Å²) in [6.45, 7) is 2.91. The first-order chi connectivity index (χ1) is 12.6. The number of para-hydroxylation sites is 2. The minimum atomic E-state index is -0.952. The second-order valence-electron chi connectivity index (χ2n) is 6.28. The van der Waals surface area contributed by atoms with Crippen molar-refractivity contribution in [1.82, 2.24) is 4.98 Å². The van der Waals surface area contributed by atoms with Crippen molar-refractivity contribution in [2.75, 3.05) is 36.0 Å². The average Bonchev–Trinajstić information content (AvgIpc) is 2.67. The summed E-state index contributed by atoms with van der Waals surface area (Å²) in [5, 5.41) is 11.2. The molecule has 132 valence electrons. The Morgan fingerprint density at radius 1 is 0.962 bits per heavy atom. The highest BCUT2D eigenvalue weighted by molar-refractivity contribution is 6.33. The molecule has 0 amide bonds. The van der Waals surface area contributed by atoms with Gasteiger partial charge in [-0.3, -0.25) is 0 Å². The van der Waals surface area contributed by atoms with Crippen LogP contribution in [0, 0.1) is 0 Å². The summed E-state index contributed by atoms with van der Waals surface area (Å²) in [6.07, 6.45) is 0. The molecule has 6 heteroatoms. The van der Waals surface area contributed by atoms with E-state index in [0.29, 0.717) is 18.9 Å². The van der Waals surface area contributed by atoms with Crippen molar-refractivity contribution in [2.45, 2.75) is 0 Å². The number of carboxylic acid groups (broad SMARTS) is 1. The van der Waals surface area contributed by atoms with E-state index in [-0.39, 0.29) is 5.56 Å². The Morgan fingerprint density at radius 2 is 1.62 bits per heavy atom. The third-order valence-corrected chi connectivity index (χ3v) is 5.03. The molecule has 1 aliphatic heterocycles. The van der Waals surface area contributed by atoms with Gasteiger partial charge in [0.2, 0.25) is 0 Å². The van der Waals surface area contributed by atoms with Gasteiger partial charge in [-0.05, 0) is 24.3 Å². The lowest BCUT2D eigenvalue weighted by Crippen LogP contribution is -2.47. The highest BCUT2D eigenvalue weighted by Crippen LogP contribution is 2.29. The van der Waals surface area contributed by atoms with Gasteiger partial charge in [-0.25, -0.2) is 9.78 Å². The molecule has 4 rings (SSSR count). The van der Waals surface area contributed by atoms with Crippen LogP contribution in [-0.4, -0.2) is 42.2 Å². The number of anilines is 2. The molecule has 0 bridgehead atoms. The molecule has 2 heterocycles. The smallest absolute Gasteiger partial charge is 0.339 e. The van der Waals surface area contributed by atoms with Gasteiger partial charge in [0.15, 0.2) is 0 Å². The second-order valence-corrected chi connectivity index (χ2v) is 6.69. The number of carboxylic acids is 1. The first kappa shape index (κ1) is 16.7. The predicted octanol–water partition coefficient (Wildman–Crippen LogP) is 3.91. The lowest BCUT2D eigenvalue weighted by molar-refractivity contribution is 0.0697. The zero-order valence-corrected chi connectivity index (χ0v) is 14.9. The Labute approximate surface area is 156 Å². The number of fused-ring (bicyclic) bond motifs is 1. The van der Waals surface area contributed by atoms with Crippen LogP contribution in [0.25, 0.3) is 10.9 Å². The van der Waals surface area contributed by atoms with Crippen LogP contribution in [0.3, 0.4) is 0 Å². The number of pyridine rings is 1. The van der Waals surface area contributed by atoms with E-state index in [4.69, 9.17) is 11.6 Å². The van der Waals surface area contributed by atoms with Crippen LogP contribution in [0.15, 0.2) is 54.6 Å². The van der Waals surface area contributed by atoms with E-state index in [2.05, 4.69) is 9.88 Å². The Bertz CT molecular complexity index is 968. The van der Waals surface area contributed by atoms with Gasteiger partial charge < -0.3 is 14.9 Å². The molecule has 0 aliphatic carbocycles. The molecule has 26 heavy (non-hydrogen) atoms. The summed E-state index contributed by atoms with van der Waals surface area (Å²) < 4.78 is 0. The van der Waals surface area contributed by atoms with E-state index in [0.717, 1.165) is 34.7 Å². The molecular formula is C20H18ClN3O2. The van der Waals surface area contributed by atoms with E-state index >= 15 is 0 Å². The maximum absolute atomic E-state index is 11.7. The predicted molar refractivity (Wildman–Crippen MR) is 105 cm³/mol. The second kappa shape index (κ2) is 6.84. The molecule has 1 fully saturated rings. The van der Waals surface area contributed by atoms with Crippen molar-refractivity contribution in [3.8, 4) is 0 Å². The Kier molecular flexibility index (Phi) is 4.39. The van der Waals surface area contributed by atoms with Gasteiger partial charge in [0, 0.05) is 31.6 Å². The average molecular weight is 368 g/mol. The normalized spacial score (nSPS) is 14.7. The monoisotopic (exact) mass is 367 g/mol. The fourth-order valence-electron chi connectivity index (χ4n) is 3.37.